The van der Waals surface area contributed by atoms with Crippen molar-refractivity contribution in [3.63, 3.8) is 0 Å². The zero-order valence-electron chi connectivity index (χ0n) is 8.54. The zero-order chi connectivity index (χ0) is 10.7. The van der Waals surface area contributed by atoms with Crippen molar-refractivity contribution < 1.29 is 5.11 Å². The quantitative estimate of drug-likeness (QED) is 0.812. The minimum atomic E-state index is -0.549. The van der Waals surface area contributed by atoms with E-state index >= 15 is 0 Å². The van der Waals surface area contributed by atoms with Crippen molar-refractivity contribution in [2.24, 2.45) is 7.05 Å². The van der Waals surface area contributed by atoms with Gasteiger partial charge in [-0.3, -0.25) is 4.98 Å². The van der Waals surface area contributed by atoms with Crippen molar-refractivity contribution in [2.45, 2.75) is 12.5 Å². The zero-order valence-corrected chi connectivity index (χ0v) is 8.54. The first kappa shape index (κ1) is 9.86. The van der Waals surface area contributed by atoms with Gasteiger partial charge in [0.2, 0.25) is 0 Å². The molecule has 0 radical (unpaired) electrons. The molecule has 1 N–H and O–H groups in total. The molecule has 0 aliphatic heterocycles. The van der Waals surface area contributed by atoms with Gasteiger partial charge in [-0.2, -0.15) is 0 Å². The van der Waals surface area contributed by atoms with E-state index in [1.807, 2.05) is 29.8 Å². The van der Waals surface area contributed by atoms with Gasteiger partial charge in [-0.15, -0.1) is 0 Å². The maximum atomic E-state index is 9.94. The molecule has 15 heavy (non-hydrogen) atoms. The van der Waals surface area contributed by atoms with E-state index in [0.717, 1.165) is 11.4 Å². The van der Waals surface area contributed by atoms with Gasteiger partial charge in [-0.05, 0) is 12.1 Å². The second-order valence-corrected chi connectivity index (χ2v) is 3.47. The summed E-state index contributed by atoms with van der Waals surface area (Å²) in [5, 5.41) is 9.94. The Morgan fingerprint density at radius 2 is 2.33 bits per heavy atom. The Morgan fingerprint density at radius 1 is 1.47 bits per heavy atom. The van der Waals surface area contributed by atoms with Gasteiger partial charge in [0.1, 0.15) is 6.10 Å². The average molecular weight is 203 g/mol. The van der Waals surface area contributed by atoms with Crippen molar-refractivity contribution in [1.82, 2.24) is 14.5 Å². The fourth-order valence-electron chi connectivity index (χ4n) is 1.51. The van der Waals surface area contributed by atoms with Crippen LogP contribution < -0.4 is 0 Å². The van der Waals surface area contributed by atoms with Crippen LogP contribution in [0.5, 0.6) is 0 Å². The molecule has 0 amide bonds. The van der Waals surface area contributed by atoms with Crippen molar-refractivity contribution in [3.05, 3.63) is 48.3 Å². The molecule has 1 unspecified atom stereocenters. The summed E-state index contributed by atoms with van der Waals surface area (Å²) in [5.41, 5.74) is 1.69. The molecule has 0 bridgehead atoms. The van der Waals surface area contributed by atoms with Crippen LogP contribution in [-0.2, 0) is 13.5 Å². The number of nitrogens with zero attached hydrogens (tertiary/aromatic N) is 3. The largest absolute Gasteiger partial charge is 0.386 e. The Hall–Kier alpha value is -1.68. The Balaban J connectivity index is 2.11. The molecule has 0 saturated carbocycles. The van der Waals surface area contributed by atoms with E-state index in [2.05, 4.69) is 9.97 Å². The predicted molar refractivity (Wildman–Crippen MR) is 56.1 cm³/mol. The van der Waals surface area contributed by atoms with E-state index in [0.29, 0.717) is 6.42 Å². The van der Waals surface area contributed by atoms with Gasteiger partial charge in [-0.25, -0.2) is 4.98 Å². The van der Waals surface area contributed by atoms with Gasteiger partial charge >= 0.3 is 0 Å². The molecule has 78 valence electrons. The molecular weight excluding hydrogens is 190 g/mol. The van der Waals surface area contributed by atoms with Gasteiger partial charge in [-0.1, -0.05) is 6.07 Å². The lowest BCUT2D eigenvalue weighted by Crippen LogP contribution is -2.07. The molecule has 2 rings (SSSR count). The third kappa shape index (κ3) is 2.22. The summed E-state index contributed by atoms with van der Waals surface area (Å²) in [6.07, 6.45) is 5.04. The first-order chi connectivity index (χ1) is 7.27. The minimum absolute atomic E-state index is 0.514. The summed E-state index contributed by atoms with van der Waals surface area (Å²) in [6, 6.07) is 5.68. The van der Waals surface area contributed by atoms with Crippen LogP contribution in [0.2, 0.25) is 0 Å². The van der Waals surface area contributed by atoms with Gasteiger partial charge in [0.05, 0.1) is 18.2 Å². The predicted octanol–water partition coefficient (Wildman–Crippen LogP) is 1.09. The molecule has 2 aromatic heterocycles. The second kappa shape index (κ2) is 4.23. The Kier molecular flexibility index (Phi) is 2.78. The van der Waals surface area contributed by atoms with Crippen molar-refractivity contribution in [3.8, 4) is 0 Å². The monoisotopic (exact) mass is 203 g/mol. The van der Waals surface area contributed by atoms with Crippen molar-refractivity contribution in [2.75, 3.05) is 0 Å². The lowest BCUT2D eigenvalue weighted by atomic mass is 10.1. The first-order valence-electron chi connectivity index (χ1n) is 4.81. The molecule has 0 aromatic carbocycles. The summed E-state index contributed by atoms with van der Waals surface area (Å²) in [6.45, 7) is 0. The highest BCUT2D eigenvalue weighted by atomic mass is 16.3. The molecular formula is C11H13N3O. The fraction of sp³-hybridized carbons (Fsp3) is 0.273. The highest BCUT2D eigenvalue weighted by Gasteiger charge is 2.12. The summed E-state index contributed by atoms with van der Waals surface area (Å²) in [4.78, 5) is 8.14. The van der Waals surface area contributed by atoms with E-state index < -0.39 is 6.10 Å². The number of hydrogen-bond acceptors (Lipinski definition) is 3. The molecule has 0 fully saturated rings. The summed E-state index contributed by atoms with van der Waals surface area (Å²) < 4.78 is 1.81. The maximum absolute atomic E-state index is 9.94. The van der Waals surface area contributed by atoms with Crippen LogP contribution >= 0.6 is 0 Å². The molecule has 4 heteroatoms. The Bertz CT molecular complexity index is 424. The number of rotatable bonds is 3. The molecule has 2 heterocycles. The van der Waals surface area contributed by atoms with Crippen LogP contribution in [0.15, 0.2) is 36.9 Å². The summed E-state index contributed by atoms with van der Waals surface area (Å²) in [5.74, 6) is 0. The number of imidazole rings is 1. The van der Waals surface area contributed by atoms with Crippen LogP contribution in [0.25, 0.3) is 0 Å². The number of hydrogen-bond donors (Lipinski definition) is 1. The van der Waals surface area contributed by atoms with Crippen LogP contribution in [0.3, 0.4) is 0 Å². The lowest BCUT2D eigenvalue weighted by molar-refractivity contribution is 0.169. The number of aryl methyl sites for hydroxylation is 1. The fourth-order valence-corrected chi connectivity index (χ4v) is 1.51. The third-order valence-electron chi connectivity index (χ3n) is 2.32. The van der Waals surface area contributed by atoms with E-state index in [9.17, 15) is 5.11 Å². The second-order valence-electron chi connectivity index (χ2n) is 3.47. The summed E-state index contributed by atoms with van der Waals surface area (Å²) >= 11 is 0. The number of aliphatic hydroxyl groups is 1. The molecule has 0 aliphatic carbocycles. The Morgan fingerprint density at radius 3 is 2.93 bits per heavy atom. The average Bonchev–Trinajstić information content (AvgIpc) is 2.66. The van der Waals surface area contributed by atoms with E-state index in [4.69, 9.17) is 0 Å². The third-order valence-corrected chi connectivity index (χ3v) is 2.32. The molecule has 0 saturated heterocycles. The Labute approximate surface area is 88.2 Å². The first-order valence-corrected chi connectivity index (χ1v) is 4.81. The lowest BCUT2D eigenvalue weighted by Gasteiger charge is -2.10. The van der Waals surface area contributed by atoms with Gasteiger partial charge < -0.3 is 9.67 Å². The van der Waals surface area contributed by atoms with Gasteiger partial charge in [0.25, 0.3) is 0 Å². The topological polar surface area (TPSA) is 50.9 Å². The molecule has 0 aliphatic rings. The molecule has 1 atom stereocenters. The molecule has 4 nitrogen and oxygen atoms in total. The van der Waals surface area contributed by atoms with E-state index in [-0.39, 0.29) is 0 Å². The molecule has 0 spiro atoms. The van der Waals surface area contributed by atoms with Crippen LogP contribution in [0.1, 0.15) is 17.5 Å². The SMILES string of the molecule is Cn1cncc1C(O)Cc1ccccn1. The van der Waals surface area contributed by atoms with Crippen molar-refractivity contribution >= 4 is 0 Å². The molecule has 2 aromatic rings. The van der Waals surface area contributed by atoms with Crippen LogP contribution in [0, 0.1) is 0 Å². The van der Waals surface area contributed by atoms with Crippen molar-refractivity contribution in [1.29, 1.82) is 0 Å². The highest BCUT2D eigenvalue weighted by Crippen LogP contribution is 2.15. The highest BCUT2D eigenvalue weighted by molar-refractivity contribution is 5.10. The number of pyridine rings is 1. The van der Waals surface area contributed by atoms with Gasteiger partial charge in [0, 0.05) is 25.4 Å². The van der Waals surface area contributed by atoms with E-state index in [1.165, 1.54) is 0 Å². The summed E-state index contributed by atoms with van der Waals surface area (Å²) in [7, 11) is 1.87. The number of aliphatic hydroxyl groups excluding tert-OH is 1. The smallest absolute Gasteiger partial charge is 0.101 e. The van der Waals surface area contributed by atoms with E-state index in [1.54, 1.807) is 18.7 Å². The number of aromatic nitrogens is 3. The maximum Gasteiger partial charge on any atom is 0.101 e. The normalized spacial score (nSPS) is 12.7. The minimum Gasteiger partial charge on any atom is -0.386 e. The van der Waals surface area contributed by atoms with Crippen LogP contribution in [0.4, 0.5) is 0 Å². The standard InChI is InChI=1S/C11H13N3O/c1-14-8-12-7-10(14)11(15)6-9-4-2-3-5-13-9/h2-5,7-8,11,15H,6H2,1H3. The van der Waals surface area contributed by atoms with Gasteiger partial charge in [0.15, 0.2) is 0 Å². The van der Waals surface area contributed by atoms with Crippen LogP contribution in [-0.4, -0.2) is 19.6 Å².